The first kappa shape index (κ1) is 16.5. The number of oxazole rings is 1. The van der Waals surface area contributed by atoms with Crippen molar-refractivity contribution in [3.63, 3.8) is 0 Å². The Morgan fingerprint density at radius 2 is 2.15 bits per heavy atom. The van der Waals surface area contributed by atoms with Gasteiger partial charge in [-0.2, -0.15) is 0 Å². The monoisotopic (exact) mass is 283 g/mol. The second-order valence-corrected chi connectivity index (χ2v) is 6.08. The molecule has 1 aromatic heterocycles. The molecule has 0 radical (unpaired) electrons. The van der Waals surface area contributed by atoms with E-state index in [0.717, 1.165) is 5.76 Å². The van der Waals surface area contributed by atoms with Gasteiger partial charge in [0.2, 0.25) is 0 Å². The van der Waals surface area contributed by atoms with E-state index in [1.807, 2.05) is 20.8 Å². The molecule has 20 heavy (non-hydrogen) atoms. The Morgan fingerprint density at radius 3 is 2.65 bits per heavy atom. The SMILES string of the molecule is CC(C)C(CNC(=O)OC(C)(C)C)NCc1cnco1. The van der Waals surface area contributed by atoms with Gasteiger partial charge < -0.3 is 19.8 Å². The summed E-state index contributed by atoms with van der Waals surface area (Å²) >= 11 is 0. The van der Waals surface area contributed by atoms with Crippen LogP contribution in [0.5, 0.6) is 0 Å². The van der Waals surface area contributed by atoms with E-state index in [9.17, 15) is 4.79 Å². The highest BCUT2D eigenvalue weighted by atomic mass is 16.6. The topological polar surface area (TPSA) is 76.4 Å². The highest BCUT2D eigenvalue weighted by Gasteiger charge is 2.19. The second-order valence-electron chi connectivity index (χ2n) is 6.08. The molecule has 6 nitrogen and oxygen atoms in total. The normalized spacial score (nSPS) is 13.3. The van der Waals surface area contributed by atoms with Crippen LogP contribution >= 0.6 is 0 Å². The van der Waals surface area contributed by atoms with Gasteiger partial charge in [0.15, 0.2) is 6.39 Å². The molecule has 0 saturated carbocycles. The van der Waals surface area contributed by atoms with Gasteiger partial charge >= 0.3 is 6.09 Å². The van der Waals surface area contributed by atoms with Crippen LogP contribution < -0.4 is 10.6 Å². The maximum absolute atomic E-state index is 11.6. The van der Waals surface area contributed by atoms with Gasteiger partial charge in [-0.05, 0) is 26.7 Å². The molecule has 0 aliphatic rings. The predicted molar refractivity (Wildman–Crippen MR) is 76.2 cm³/mol. The van der Waals surface area contributed by atoms with Crippen LogP contribution in [0.3, 0.4) is 0 Å². The lowest BCUT2D eigenvalue weighted by Crippen LogP contribution is -2.45. The molecule has 0 aliphatic heterocycles. The van der Waals surface area contributed by atoms with Gasteiger partial charge in [0.25, 0.3) is 0 Å². The van der Waals surface area contributed by atoms with Crippen LogP contribution in [0.15, 0.2) is 17.0 Å². The van der Waals surface area contributed by atoms with Crippen LogP contribution in [0.2, 0.25) is 0 Å². The summed E-state index contributed by atoms with van der Waals surface area (Å²) in [4.78, 5) is 15.5. The van der Waals surface area contributed by atoms with Gasteiger partial charge in [0, 0.05) is 12.6 Å². The number of ether oxygens (including phenoxy) is 1. The Bertz CT molecular complexity index is 396. The van der Waals surface area contributed by atoms with Gasteiger partial charge in [0.05, 0.1) is 12.7 Å². The fourth-order valence-electron chi connectivity index (χ4n) is 1.61. The molecule has 0 aliphatic carbocycles. The van der Waals surface area contributed by atoms with Crippen LogP contribution in [0, 0.1) is 5.92 Å². The quantitative estimate of drug-likeness (QED) is 0.838. The average Bonchev–Trinajstić information content (AvgIpc) is 2.78. The molecule has 0 fully saturated rings. The minimum Gasteiger partial charge on any atom is -0.447 e. The molecular weight excluding hydrogens is 258 g/mol. The Balaban J connectivity index is 2.37. The summed E-state index contributed by atoms with van der Waals surface area (Å²) in [7, 11) is 0. The van der Waals surface area contributed by atoms with Crippen LogP contribution in [0.1, 0.15) is 40.4 Å². The van der Waals surface area contributed by atoms with E-state index in [-0.39, 0.29) is 6.04 Å². The Morgan fingerprint density at radius 1 is 1.45 bits per heavy atom. The third-order valence-electron chi connectivity index (χ3n) is 2.69. The molecule has 1 amide bonds. The summed E-state index contributed by atoms with van der Waals surface area (Å²) < 4.78 is 10.4. The number of aromatic nitrogens is 1. The molecule has 0 spiro atoms. The number of amides is 1. The first-order valence-electron chi connectivity index (χ1n) is 6.85. The van der Waals surface area contributed by atoms with E-state index in [1.54, 1.807) is 6.20 Å². The van der Waals surface area contributed by atoms with Crippen molar-refractivity contribution in [3.05, 3.63) is 18.4 Å². The molecule has 1 unspecified atom stereocenters. The summed E-state index contributed by atoms with van der Waals surface area (Å²) in [5.41, 5.74) is -0.481. The standard InChI is InChI=1S/C14H25N3O3/c1-10(2)12(16-7-11-6-15-9-19-11)8-17-13(18)20-14(3,4)5/h6,9-10,12,16H,7-8H2,1-5H3,(H,17,18). The molecule has 6 heteroatoms. The van der Waals surface area contributed by atoms with Crippen molar-refractivity contribution in [1.29, 1.82) is 0 Å². The van der Waals surface area contributed by atoms with Gasteiger partial charge in [-0.1, -0.05) is 13.8 Å². The third kappa shape index (κ3) is 6.56. The van der Waals surface area contributed by atoms with Crippen LogP contribution in [0.4, 0.5) is 4.79 Å². The number of nitrogens with one attached hydrogen (secondary N) is 2. The van der Waals surface area contributed by atoms with Crippen molar-refractivity contribution >= 4 is 6.09 Å². The molecule has 114 valence electrons. The molecule has 1 atom stereocenters. The number of hydrogen-bond acceptors (Lipinski definition) is 5. The Hall–Kier alpha value is -1.56. The molecule has 1 aromatic rings. The summed E-state index contributed by atoms with van der Waals surface area (Å²) in [6, 6.07) is 0.132. The summed E-state index contributed by atoms with van der Waals surface area (Å²) in [5, 5.41) is 6.12. The Kier molecular flexibility index (Phi) is 6.01. The molecule has 1 rings (SSSR count). The fourth-order valence-corrected chi connectivity index (χ4v) is 1.61. The van der Waals surface area contributed by atoms with E-state index in [2.05, 4.69) is 29.5 Å². The fraction of sp³-hybridized carbons (Fsp3) is 0.714. The van der Waals surface area contributed by atoms with Gasteiger partial charge in [-0.3, -0.25) is 0 Å². The number of nitrogens with zero attached hydrogens (tertiary/aromatic N) is 1. The largest absolute Gasteiger partial charge is 0.447 e. The van der Waals surface area contributed by atoms with Crippen LogP contribution in [0.25, 0.3) is 0 Å². The van der Waals surface area contributed by atoms with E-state index >= 15 is 0 Å². The summed E-state index contributed by atoms with van der Waals surface area (Å²) in [6.07, 6.45) is 2.68. The predicted octanol–water partition coefficient (Wildman–Crippen LogP) is 2.31. The number of hydrogen-bond donors (Lipinski definition) is 2. The van der Waals surface area contributed by atoms with E-state index in [4.69, 9.17) is 9.15 Å². The van der Waals surface area contributed by atoms with Crippen LogP contribution in [-0.4, -0.2) is 29.3 Å². The van der Waals surface area contributed by atoms with Crippen LogP contribution in [-0.2, 0) is 11.3 Å². The van der Waals surface area contributed by atoms with E-state index < -0.39 is 11.7 Å². The van der Waals surface area contributed by atoms with Crippen molar-refractivity contribution in [2.75, 3.05) is 6.54 Å². The smallest absolute Gasteiger partial charge is 0.407 e. The maximum atomic E-state index is 11.6. The van der Waals surface area contributed by atoms with Crippen molar-refractivity contribution in [2.45, 2.75) is 52.8 Å². The molecule has 2 N–H and O–H groups in total. The summed E-state index contributed by atoms with van der Waals surface area (Å²) in [5.74, 6) is 1.14. The lowest BCUT2D eigenvalue weighted by Gasteiger charge is -2.24. The zero-order chi connectivity index (χ0) is 15.2. The maximum Gasteiger partial charge on any atom is 0.407 e. The zero-order valence-electron chi connectivity index (χ0n) is 12.9. The minimum absolute atomic E-state index is 0.132. The van der Waals surface area contributed by atoms with Gasteiger partial charge in [-0.25, -0.2) is 9.78 Å². The first-order valence-corrected chi connectivity index (χ1v) is 6.85. The average molecular weight is 283 g/mol. The highest BCUT2D eigenvalue weighted by Crippen LogP contribution is 2.07. The second kappa shape index (κ2) is 7.28. The lowest BCUT2D eigenvalue weighted by molar-refractivity contribution is 0.0519. The number of alkyl carbamates (subject to hydrolysis) is 1. The van der Waals surface area contributed by atoms with Gasteiger partial charge in [0.1, 0.15) is 11.4 Å². The van der Waals surface area contributed by atoms with Crippen molar-refractivity contribution in [2.24, 2.45) is 5.92 Å². The molecular formula is C14H25N3O3. The molecule has 0 aromatic carbocycles. The van der Waals surface area contributed by atoms with Crippen molar-refractivity contribution in [3.8, 4) is 0 Å². The zero-order valence-corrected chi connectivity index (χ0v) is 12.9. The lowest BCUT2D eigenvalue weighted by atomic mass is 10.0. The number of rotatable bonds is 6. The van der Waals surface area contributed by atoms with Gasteiger partial charge in [-0.15, -0.1) is 0 Å². The summed E-state index contributed by atoms with van der Waals surface area (Å²) in [6.45, 7) is 10.8. The number of carbonyl (C=O) groups excluding carboxylic acids is 1. The minimum atomic E-state index is -0.481. The Labute approximate surface area is 120 Å². The molecule has 0 bridgehead atoms. The third-order valence-corrected chi connectivity index (χ3v) is 2.69. The first-order chi connectivity index (χ1) is 9.28. The van der Waals surface area contributed by atoms with E-state index in [0.29, 0.717) is 19.0 Å². The van der Waals surface area contributed by atoms with Crippen molar-refractivity contribution in [1.82, 2.24) is 15.6 Å². The molecule has 0 saturated heterocycles. The van der Waals surface area contributed by atoms with E-state index in [1.165, 1.54) is 6.39 Å². The highest BCUT2D eigenvalue weighted by molar-refractivity contribution is 5.67. The molecule has 1 heterocycles. The number of carbonyl (C=O) groups is 1. The van der Waals surface area contributed by atoms with Crippen molar-refractivity contribution < 1.29 is 13.9 Å².